The lowest BCUT2D eigenvalue weighted by molar-refractivity contribution is 0.233. The van der Waals surface area contributed by atoms with Crippen LogP contribution in [0.4, 0.5) is 4.39 Å². The first-order valence-electron chi connectivity index (χ1n) is 11.9. The van der Waals surface area contributed by atoms with Crippen LogP contribution < -0.4 is 5.32 Å². The molecule has 1 saturated heterocycles. The van der Waals surface area contributed by atoms with Crippen molar-refractivity contribution in [1.82, 2.24) is 35.1 Å². The number of H-pyrrole nitrogens is 1. The summed E-state index contributed by atoms with van der Waals surface area (Å²) in [6.07, 6.45) is 4.51. The number of imidazole rings is 1. The first-order valence-corrected chi connectivity index (χ1v) is 11.9. The fourth-order valence-electron chi connectivity index (χ4n) is 4.45. The van der Waals surface area contributed by atoms with Gasteiger partial charge in [-0.3, -0.25) is 9.88 Å². The number of fused-ring (bicyclic) bond motifs is 1. The van der Waals surface area contributed by atoms with Gasteiger partial charge in [-0.05, 0) is 42.2 Å². The molecule has 4 heterocycles. The minimum atomic E-state index is -0.346. The molecule has 0 amide bonds. The van der Waals surface area contributed by atoms with Gasteiger partial charge in [0.15, 0.2) is 5.82 Å². The van der Waals surface area contributed by atoms with Gasteiger partial charge in [-0.1, -0.05) is 19.9 Å². The normalized spacial score (nSPS) is 14.8. The molecule has 176 valence electrons. The molecule has 5 rings (SSSR count). The summed E-state index contributed by atoms with van der Waals surface area (Å²) in [6, 6.07) is 9.92. The maximum atomic E-state index is 15.1. The molecule has 4 aromatic rings. The number of benzene rings is 1. The Hall–Kier alpha value is -3.23. The molecule has 1 aromatic carbocycles. The van der Waals surface area contributed by atoms with Crippen molar-refractivity contribution < 1.29 is 4.39 Å². The van der Waals surface area contributed by atoms with E-state index in [1.54, 1.807) is 0 Å². The number of nitrogens with zero attached hydrogens (tertiary/aromatic N) is 5. The molecule has 7 nitrogen and oxygen atoms in total. The molecule has 1 fully saturated rings. The summed E-state index contributed by atoms with van der Waals surface area (Å²) in [6.45, 7) is 9.24. The van der Waals surface area contributed by atoms with Crippen LogP contribution in [0.2, 0.25) is 0 Å². The second kappa shape index (κ2) is 9.95. The molecular weight excluding hydrogens is 429 g/mol. The van der Waals surface area contributed by atoms with E-state index in [0.717, 1.165) is 55.3 Å². The van der Waals surface area contributed by atoms with Crippen LogP contribution in [0.15, 0.2) is 42.9 Å². The Morgan fingerprint density at radius 1 is 1.06 bits per heavy atom. The first-order chi connectivity index (χ1) is 16.5. The molecule has 0 aliphatic carbocycles. The topological polar surface area (TPSA) is 82.6 Å². The predicted molar refractivity (Wildman–Crippen MR) is 131 cm³/mol. The highest BCUT2D eigenvalue weighted by molar-refractivity contribution is 5.81. The fraction of sp³-hybridized carbons (Fsp3) is 0.385. The van der Waals surface area contributed by atoms with E-state index in [-0.39, 0.29) is 5.82 Å². The molecule has 0 bridgehead atoms. The van der Waals surface area contributed by atoms with Gasteiger partial charge < -0.3 is 10.3 Å². The number of halogens is 1. The van der Waals surface area contributed by atoms with Crippen molar-refractivity contribution in [2.45, 2.75) is 33.2 Å². The predicted octanol–water partition coefficient (Wildman–Crippen LogP) is 3.75. The number of aromatic nitrogens is 5. The number of pyridine rings is 1. The molecule has 2 N–H and O–H groups in total. The maximum Gasteiger partial charge on any atom is 0.170 e. The Labute approximate surface area is 198 Å². The van der Waals surface area contributed by atoms with Gasteiger partial charge in [-0.15, -0.1) is 0 Å². The fourth-order valence-corrected chi connectivity index (χ4v) is 4.45. The monoisotopic (exact) mass is 459 g/mol. The van der Waals surface area contributed by atoms with Gasteiger partial charge in [0.1, 0.15) is 17.8 Å². The molecule has 0 unspecified atom stereocenters. The highest BCUT2D eigenvalue weighted by Gasteiger charge is 2.16. The van der Waals surface area contributed by atoms with Gasteiger partial charge in [0, 0.05) is 56.6 Å². The van der Waals surface area contributed by atoms with Crippen LogP contribution >= 0.6 is 0 Å². The van der Waals surface area contributed by atoms with E-state index in [1.807, 2.05) is 24.4 Å². The third-order valence-electron chi connectivity index (χ3n) is 6.11. The lowest BCUT2D eigenvalue weighted by Gasteiger charge is -2.27. The Morgan fingerprint density at radius 3 is 2.74 bits per heavy atom. The summed E-state index contributed by atoms with van der Waals surface area (Å²) in [4.78, 5) is 23.5. The van der Waals surface area contributed by atoms with E-state index in [1.165, 1.54) is 11.9 Å². The van der Waals surface area contributed by atoms with Crippen LogP contribution in [0.1, 0.15) is 36.6 Å². The third-order valence-corrected chi connectivity index (χ3v) is 6.11. The van der Waals surface area contributed by atoms with Gasteiger partial charge >= 0.3 is 0 Å². The maximum absolute atomic E-state index is 15.1. The summed E-state index contributed by atoms with van der Waals surface area (Å²) < 4.78 is 15.1. The summed E-state index contributed by atoms with van der Waals surface area (Å²) in [5.41, 5.74) is 5.43. The van der Waals surface area contributed by atoms with Crippen molar-refractivity contribution in [1.29, 1.82) is 0 Å². The molecular formula is C26H30FN7. The average molecular weight is 460 g/mol. The van der Waals surface area contributed by atoms with Gasteiger partial charge in [0.25, 0.3) is 0 Å². The van der Waals surface area contributed by atoms with E-state index in [0.29, 0.717) is 35.7 Å². The standard InChI is InChI=1S/C26H30FN7/c1-17(2)11-23-25(27)26(31-16-30-23)19-3-4-21-22(13-19)33-24(32-21)14-20-12-18(5-6-29-20)15-34-9-7-28-8-10-34/h3-6,12-13,16-17,28H,7-11,14-15H2,1-2H3,(H,32,33). The minimum absolute atomic E-state index is 0.318. The third kappa shape index (κ3) is 5.13. The molecule has 0 atom stereocenters. The molecule has 8 heteroatoms. The minimum Gasteiger partial charge on any atom is -0.342 e. The highest BCUT2D eigenvalue weighted by atomic mass is 19.1. The van der Waals surface area contributed by atoms with Gasteiger partial charge in [0.05, 0.1) is 16.7 Å². The lowest BCUT2D eigenvalue weighted by Crippen LogP contribution is -2.42. The van der Waals surface area contributed by atoms with Crippen molar-refractivity contribution in [3.05, 3.63) is 71.4 Å². The van der Waals surface area contributed by atoms with Crippen molar-refractivity contribution in [3.8, 4) is 11.3 Å². The Morgan fingerprint density at radius 2 is 1.91 bits per heavy atom. The zero-order chi connectivity index (χ0) is 23.5. The zero-order valence-corrected chi connectivity index (χ0v) is 19.7. The van der Waals surface area contributed by atoms with Crippen LogP contribution in [0.5, 0.6) is 0 Å². The van der Waals surface area contributed by atoms with Crippen molar-refractivity contribution in [3.63, 3.8) is 0 Å². The van der Waals surface area contributed by atoms with Crippen LogP contribution in [0, 0.1) is 11.7 Å². The van der Waals surface area contributed by atoms with Gasteiger partial charge in [-0.25, -0.2) is 19.3 Å². The van der Waals surface area contributed by atoms with Crippen molar-refractivity contribution >= 4 is 11.0 Å². The van der Waals surface area contributed by atoms with E-state index in [2.05, 4.69) is 56.1 Å². The summed E-state index contributed by atoms with van der Waals surface area (Å²) in [5.74, 6) is 0.808. The lowest BCUT2D eigenvalue weighted by atomic mass is 10.0. The van der Waals surface area contributed by atoms with Gasteiger partial charge in [-0.2, -0.15) is 0 Å². The van der Waals surface area contributed by atoms with E-state index in [9.17, 15) is 0 Å². The Kier molecular flexibility index (Phi) is 6.60. The number of nitrogens with one attached hydrogen (secondary N) is 2. The molecule has 34 heavy (non-hydrogen) atoms. The van der Waals surface area contributed by atoms with E-state index in [4.69, 9.17) is 4.98 Å². The zero-order valence-electron chi connectivity index (χ0n) is 19.7. The quantitative estimate of drug-likeness (QED) is 0.438. The second-order valence-corrected chi connectivity index (χ2v) is 9.35. The van der Waals surface area contributed by atoms with Crippen LogP contribution in [0.25, 0.3) is 22.3 Å². The summed E-state index contributed by atoms with van der Waals surface area (Å²) in [7, 11) is 0. The van der Waals surface area contributed by atoms with E-state index < -0.39 is 0 Å². The summed E-state index contributed by atoms with van der Waals surface area (Å²) >= 11 is 0. The number of hydrogen-bond donors (Lipinski definition) is 2. The van der Waals surface area contributed by atoms with Crippen LogP contribution in [-0.4, -0.2) is 56.0 Å². The van der Waals surface area contributed by atoms with E-state index >= 15 is 4.39 Å². The van der Waals surface area contributed by atoms with Gasteiger partial charge in [0.2, 0.25) is 0 Å². The largest absolute Gasteiger partial charge is 0.342 e. The number of aromatic amines is 1. The SMILES string of the molecule is CC(C)Cc1ncnc(-c2ccc3nc(Cc4cc(CN5CCNCC5)ccn4)[nH]c3c2)c1F. The number of rotatable bonds is 7. The highest BCUT2D eigenvalue weighted by Crippen LogP contribution is 2.26. The smallest absolute Gasteiger partial charge is 0.170 e. The molecule has 3 aromatic heterocycles. The van der Waals surface area contributed by atoms with Crippen molar-refractivity contribution in [2.75, 3.05) is 26.2 Å². The van der Waals surface area contributed by atoms with Crippen molar-refractivity contribution in [2.24, 2.45) is 5.92 Å². The first kappa shape index (κ1) is 22.6. The summed E-state index contributed by atoms with van der Waals surface area (Å²) in [5, 5.41) is 3.39. The Bertz CT molecular complexity index is 1280. The molecule has 1 aliphatic rings. The number of piperazine rings is 1. The molecule has 0 saturated carbocycles. The second-order valence-electron chi connectivity index (χ2n) is 9.35. The average Bonchev–Trinajstić information content (AvgIpc) is 3.22. The number of hydrogen-bond acceptors (Lipinski definition) is 6. The molecule has 0 spiro atoms. The van der Waals surface area contributed by atoms with Crippen LogP contribution in [0.3, 0.4) is 0 Å². The Balaban J connectivity index is 1.35. The molecule has 0 radical (unpaired) electrons. The van der Waals surface area contributed by atoms with Crippen LogP contribution in [-0.2, 0) is 19.4 Å². The molecule has 1 aliphatic heterocycles.